The highest BCUT2D eigenvalue weighted by Crippen LogP contribution is 2.26. The quantitative estimate of drug-likeness (QED) is 0.843. The molecule has 1 aromatic carbocycles. The Kier molecular flexibility index (Phi) is 6.64. The minimum Gasteiger partial charge on any atom is -0.309 e. The number of benzene rings is 1. The van der Waals surface area contributed by atoms with E-state index in [0.29, 0.717) is 6.04 Å². The molecule has 0 spiro atoms. The zero-order valence-electron chi connectivity index (χ0n) is 11.5. The van der Waals surface area contributed by atoms with Crippen molar-refractivity contribution in [2.24, 2.45) is 0 Å². The fourth-order valence-electron chi connectivity index (χ4n) is 1.68. The fraction of sp³-hybridized carbons (Fsp3) is 0.571. The Hall–Kier alpha value is -0.0900. The van der Waals surface area contributed by atoms with Crippen molar-refractivity contribution in [2.45, 2.75) is 32.9 Å². The first-order valence-electron chi connectivity index (χ1n) is 6.30. The predicted molar refractivity (Wildman–Crippen MR) is 83.3 cm³/mol. The molecule has 1 unspecified atom stereocenters. The van der Waals surface area contributed by atoms with Crippen LogP contribution in [0.2, 0.25) is 5.02 Å². The number of likely N-dealkylation sites (N-methyl/N-ethyl adjacent to an activating group) is 1. The first-order chi connectivity index (χ1) is 8.41. The van der Waals surface area contributed by atoms with Crippen molar-refractivity contribution in [3.05, 3.63) is 33.3 Å². The van der Waals surface area contributed by atoms with Gasteiger partial charge in [0.2, 0.25) is 0 Å². The van der Waals surface area contributed by atoms with E-state index in [9.17, 15) is 0 Å². The van der Waals surface area contributed by atoms with Gasteiger partial charge in [-0.1, -0.05) is 33.6 Å². The van der Waals surface area contributed by atoms with Crippen molar-refractivity contribution in [3.63, 3.8) is 0 Å². The lowest BCUT2D eigenvalue weighted by molar-refractivity contribution is 0.270. The summed E-state index contributed by atoms with van der Waals surface area (Å²) in [6.45, 7) is 8.55. The van der Waals surface area contributed by atoms with Gasteiger partial charge in [-0.15, -0.1) is 0 Å². The summed E-state index contributed by atoms with van der Waals surface area (Å²) in [6, 6.07) is 6.88. The van der Waals surface area contributed by atoms with E-state index in [2.05, 4.69) is 60.0 Å². The minimum absolute atomic E-state index is 0.270. The zero-order valence-corrected chi connectivity index (χ0v) is 13.8. The molecule has 0 aliphatic rings. The van der Waals surface area contributed by atoms with E-state index < -0.39 is 0 Å². The van der Waals surface area contributed by atoms with E-state index in [1.165, 1.54) is 0 Å². The van der Waals surface area contributed by atoms with Crippen LogP contribution in [0.4, 0.5) is 0 Å². The molecule has 0 aromatic heterocycles. The smallest absolute Gasteiger partial charge is 0.0464 e. The van der Waals surface area contributed by atoms with Gasteiger partial charge in [-0.3, -0.25) is 0 Å². The molecular weight excluding hydrogens is 312 g/mol. The van der Waals surface area contributed by atoms with E-state index in [1.54, 1.807) is 0 Å². The largest absolute Gasteiger partial charge is 0.309 e. The van der Waals surface area contributed by atoms with Crippen LogP contribution in [-0.2, 0) is 0 Å². The molecular formula is C14H22BrClN2. The van der Waals surface area contributed by atoms with Crippen molar-refractivity contribution < 1.29 is 0 Å². The van der Waals surface area contributed by atoms with E-state index in [0.717, 1.165) is 28.1 Å². The summed E-state index contributed by atoms with van der Waals surface area (Å²) in [5, 5.41) is 4.31. The summed E-state index contributed by atoms with van der Waals surface area (Å²) >= 11 is 9.66. The number of nitrogens with one attached hydrogen (secondary N) is 1. The summed E-state index contributed by atoms with van der Waals surface area (Å²) in [5.41, 5.74) is 1.15. The second-order valence-electron chi connectivity index (χ2n) is 4.92. The van der Waals surface area contributed by atoms with Crippen LogP contribution < -0.4 is 5.32 Å². The molecule has 1 aromatic rings. The third-order valence-corrected chi connectivity index (χ3v) is 4.05. The van der Waals surface area contributed by atoms with Crippen LogP contribution in [-0.4, -0.2) is 31.1 Å². The maximum absolute atomic E-state index is 6.24. The second-order valence-corrected chi connectivity index (χ2v) is 6.24. The average Bonchev–Trinajstić information content (AvgIpc) is 2.28. The number of halogens is 2. The van der Waals surface area contributed by atoms with Crippen molar-refractivity contribution in [2.75, 3.05) is 20.1 Å². The van der Waals surface area contributed by atoms with Gasteiger partial charge in [0.05, 0.1) is 0 Å². The molecule has 0 aliphatic heterocycles. The van der Waals surface area contributed by atoms with Crippen molar-refractivity contribution >= 4 is 27.5 Å². The lowest BCUT2D eigenvalue weighted by Gasteiger charge is -2.23. The molecule has 0 amide bonds. The van der Waals surface area contributed by atoms with Crippen LogP contribution in [0.5, 0.6) is 0 Å². The van der Waals surface area contributed by atoms with E-state index >= 15 is 0 Å². The van der Waals surface area contributed by atoms with Crippen LogP contribution in [0.1, 0.15) is 32.4 Å². The molecule has 18 heavy (non-hydrogen) atoms. The molecule has 2 nitrogen and oxygen atoms in total. The molecule has 0 bridgehead atoms. The predicted octanol–water partition coefficient (Wildman–Crippen LogP) is 4.09. The molecule has 0 saturated heterocycles. The first-order valence-corrected chi connectivity index (χ1v) is 7.47. The van der Waals surface area contributed by atoms with Gasteiger partial charge in [-0.25, -0.2) is 0 Å². The van der Waals surface area contributed by atoms with Crippen LogP contribution >= 0.6 is 27.5 Å². The Morgan fingerprint density at radius 3 is 2.56 bits per heavy atom. The third kappa shape index (κ3) is 4.88. The molecule has 4 heteroatoms. The first kappa shape index (κ1) is 16.0. The standard InChI is InChI=1S/C14H22BrClN2/c1-10(2)18(4)8-7-17-11(3)13-6-5-12(15)9-14(13)16/h5-6,9-11,17H,7-8H2,1-4H3. The van der Waals surface area contributed by atoms with Crippen LogP contribution in [0.3, 0.4) is 0 Å². The Labute approximate surface area is 124 Å². The topological polar surface area (TPSA) is 15.3 Å². The van der Waals surface area contributed by atoms with Crippen molar-refractivity contribution in [3.8, 4) is 0 Å². The Morgan fingerprint density at radius 2 is 2.00 bits per heavy atom. The lowest BCUT2D eigenvalue weighted by atomic mass is 10.1. The molecule has 0 aliphatic carbocycles. The molecule has 0 heterocycles. The van der Waals surface area contributed by atoms with E-state index in [-0.39, 0.29) is 6.04 Å². The molecule has 0 radical (unpaired) electrons. The van der Waals surface area contributed by atoms with Crippen molar-refractivity contribution in [1.29, 1.82) is 0 Å². The molecule has 1 rings (SSSR count). The van der Waals surface area contributed by atoms with Gasteiger partial charge in [0, 0.05) is 34.7 Å². The van der Waals surface area contributed by atoms with Crippen LogP contribution in [0, 0.1) is 0 Å². The molecule has 0 fully saturated rings. The van der Waals surface area contributed by atoms with Gasteiger partial charge < -0.3 is 10.2 Å². The number of hydrogen-bond donors (Lipinski definition) is 1. The SMILES string of the molecule is CC(NCCN(C)C(C)C)c1ccc(Br)cc1Cl. The van der Waals surface area contributed by atoms with E-state index in [4.69, 9.17) is 11.6 Å². The van der Waals surface area contributed by atoms with Gasteiger partial charge in [-0.2, -0.15) is 0 Å². The normalized spacial score (nSPS) is 13.3. The highest BCUT2D eigenvalue weighted by atomic mass is 79.9. The van der Waals surface area contributed by atoms with Crippen molar-refractivity contribution in [1.82, 2.24) is 10.2 Å². The molecule has 1 atom stereocenters. The third-order valence-electron chi connectivity index (χ3n) is 3.23. The summed E-state index contributed by atoms with van der Waals surface area (Å²) in [4.78, 5) is 2.32. The Bertz CT molecular complexity index is 382. The van der Waals surface area contributed by atoms with Gasteiger partial charge in [0.25, 0.3) is 0 Å². The summed E-state index contributed by atoms with van der Waals surface area (Å²) in [7, 11) is 2.14. The van der Waals surface area contributed by atoms with E-state index in [1.807, 2.05) is 12.1 Å². The second kappa shape index (κ2) is 7.49. The van der Waals surface area contributed by atoms with Gasteiger partial charge >= 0.3 is 0 Å². The van der Waals surface area contributed by atoms with Gasteiger partial charge in [0.15, 0.2) is 0 Å². The minimum atomic E-state index is 0.270. The molecule has 0 saturated carbocycles. The maximum atomic E-state index is 6.24. The molecule has 1 N–H and O–H groups in total. The highest BCUT2D eigenvalue weighted by Gasteiger charge is 2.10. The average molecular weight is 334 g/mol. The monoisotopic (exact) mass is 332 g/mol. The molecule has 102 valence electrons. The number of nitrogens with zero attached hydrogens (tertiary/aromatic N) is 1. The lowest BCUT2D eigenvalue weighted by Crippen LogP contribution is -2.34. The van der Waals surface area contributed by atoms with Gasteiger partial charge in [-0.05, 0) is 45.5 Å². The maximum Gasteiger partial charge on any atom is 0.0464 e. The zero-order chi connectivity index (χ0) is 13.7. The Balaban J connectivity index is 2.48. The summed E-state index contributed by atoms with van der Waals surface area (Å²) in [5.74, 6) is 0. The Morgan fingerprint density at radius 1 is 1.33 bits per heavy atom. The number of hydrogen-bond acceptors (Lipinski definition) is 2. The van der Waals surface area contributed by atoms with Gasteiger partial charge in [0.1, 0.15) is 0 Å². The van der Waals surface area contributed by atoms with Crippen LogP contribution in [0.25, 0.3) is 0 Å². The summed E-state index contributed by atoms with van der Waals surface area (Å²) in [6.07, 6.45) is 0. The van der Waals surface area contributed by atoms with Crippen LogP contribution in [0.15, 0.2) is 22.7 Å². The highest BCUT2D eigenvalue weighted by molar-refractivity contribution is 9.10. The summed E-state index contributed by atoms with van der Waals surface area (Å²) < 4.78 is 1.02. The number of rotatable bonds is 6. The fourth-order valence-corrected chi connectivity index (χ4v) is 2.52.